The quantitative estimate of drug-likeness (QED) is 0.605. The maximum absolute atomic E-state index is 4.35. The number of allylic oxidation sites excluding steroid dienone is 1. The Balaban J connectivity index is 1.66. The van der Waals surface area contributed by atoms with Crippen LogP contribution >= 0.6 is 0 Å². The zero-order valence-corrected chi connectivity index (χ0v) is 13.8. The second-order valence-corrected chi connectivity index (χ2v) is 8.13. The van der Waals surface area contributed by atoms with Crippen LogP contribution < -0.4 is 0 Å². The first-order chi connectivity index (χ1) is 10.1. The van der Waals surface area contributed by atoms with Crippen molar-refractivity contribution in [3.63, 3.8) is 0 Å². The smallest absolute Gasteiger partial charge is 0.0230 e. The molecule has 0 aliphatic heterocycles. The van der Waals surface area contributed by atoms with E-state index in [9.17, 15) is 0 Å². The van der Waals surface area contributed by atoms with Gasteiger partial charge in [-0.2, -0.15) is 0 Å². The van der Waals surface area contributed by atoms with Crippen LogP contribution in [0, 0.1) is 23.2 Å². The zero-order chi connectivity index (χ0) is 14.9. The van der Waals surface area contributed by atoms with Crippen LogP contribution in [0.25, 0.3) is 5.57 Å². The molecule has 0 radical (unpaired) electrons. The van der Waals surface area contributed by atoms with Crippen LogP contribution in [0.3, 0.4) is 0 Å². The van der Waals surface area contributed by atoms with Gasteiger partial charge in [-0.05, 0) is 79.3 Å². The van der Waals surface area contributed by atoms with Gasteiger partial charge in [-0.15, -0.1) is 0 Å². The van der Waals surface area contributed by atoms with E-state index in [0.29, 0.717) is 5.41 Å². The lowest BCUT2D eigenvalue weighted by atomic mass is 9.55. The summed E-state index contributed by atoms with van der Waals surface area (Å²) in [4.78, 5) is 0. The van der Waals surface area contributed by atoms with E-state index in [4.69, 9.17) is 0 Å². The molecule has 2 unspecified atom stereocenters. The zero-order valence-electron chi connectivity index (χ0n) is 13.8. The van der Waals surface area contributed by atoms with Gasteiger partial charge in [0.05, 0.1) is 0 Å². The maximum atomic E-state index is 4.35. The molecule has 2 bridgehead atoms. The predicted octanol–water partition coefficient (Wildman–Crippen LogP) is 6.33. The summed E-state index contributed by atoms with van der Waals surface area (Å²) in [6, 6.07) is 10.7. The van der Waals surface area contributed by atoms with Gasteiger partial charge in [0.25, 0.3) is 0 Å². The van der Waals surface area contributed by atoms with Crippen LogP contribution in [0.2, 0.25) is 0 Å². The van der Waals surface area contributed by atoms with Gasteiger partial charge in [-0.3, -0.25) is 0 Å². The predicted molar refractivity (Wildman–Crippen MR) is 92.0 cm³/mol. The molecular weight excluding hydrogens is 252 g/mol. The average molecular weight is 282 g/mol. The topological polar surface area (TPSA) is 0 Å². The molecule has 2 aliphatic carbocycles. The molecule has 1 aromatic carbocycles. The molecule has 0 heterocycles. The Labute approximate surface area is 130 Å². The van der Waals surface area contributed by atoms with E-state index >= 15 is 0 Å². The van der Waals surface area contributed by atoms with E-state index in [1.54, 1.807) is 0 Å². The summed E-state index contributed by atoms with van der Waals surface area (Å²) >= 11 is 0. The molecule has 3 rings (SSSR count). The van der Waals surface area contributed by atoms with Crippen molar-refractivity contribution in [2.24, 2.45) is 23.2 Å². The second kappa shape index (κ2) is 5.99. The van der Waals surface area contributed by atoms with Gasteiger partial charge in [0.15, 0.2) is 0 Å². The lowest BCUT2D eigenvalue weighted by Crippen LogP contribution is -2.39. The minimum atomic E-state index is 0.623. The highest BCUT2D eigenvalue weighted by Crippen LogP contribution is 2.55. The van der Waals surface area contributed by atoms with Crippen molar-refractivity contribution in [2.75, 3.05) is 0 Å². The van der Waals surface area contributed by atoms with E-state index in [2.05, 4.69) is 50.8 Å². The average Bonchev–Trinajstić information content (AvgIpc) is 2.44. The van der Waals surface area contributed by atoms with Crippen molar-refractivity contribution in [3.05, 3.63) is 42.5 Å². The molecule has 0 amide bonds. The van der Waals surface area contributed by atoms with Crippen molar-refractivity contribution in [1.82, 2.24) is 0 Å². The lowest BCUT2D eigenvalue weighted by Gasteiger charge is -2.50. The van der Waals surface area contributed by atoms with Gasteiger partial charge in [0.2, 0.25) is 0 Å². The van der Waals surface area contributed by atoms with Gasteiger partial charge in [-0.25, -0.2) is 0 Å². The van der Waals surface area contributed by atoms with E-state index in [1.807, 2.05) is 0 Å². The standard InChI is InChI=1S/C21H30/c1-16-11-19-12-17(2)14-21(13-16,15-19)10-9-18(3)20-7-5-4-6-8-20/h4-8,16-17,19H,3,9-15H2,1-2H3. The Morgan fingerprint density at radius 3 is 2.29 bits per heavy atom. The third-order valence-corrected chi connectivity index (χ3v) is 5.90. The Morgan fingerprint density at radius 1 is 1.05 bits per heavy atom. The van der Waals surface area contributed by atoms with Crippen molar-refractivity contribution in [3.8, 4) is 0 Å². The van der Waals surface area contributed by atoms with Crippen LogP contribution in [0.1, 0.15) is 64.4 Å². The van der Waals surface area contributed by atoms with Gasteiger partial charge in [0.1, 0.15) is 0 Å². The lowest BCUT2D eigenvalue weighted by molar-refractivity contribution is 0.0126. The first kappa shape index (κ1) is 14.9. The largest absolute Gasteiger partial charge is 0.0952 e. The first-order valence-corrected chi connectivity index (χ1v) is 8.79. The second-order valence-electron chi connectivity index (χ2n) is 8.13. The number of hydrogen-bond donors (Lipinski definition) is 0. The normalized spacial score (nSPS) is 35.4. The fourth-order valence-corrected chi connectivity index (χ4v) is 5.45. The van der Waals surface area contributed by atoms with E-state index < -0.39 is 0 Å². The van der Waals surface area contributed by atoms with Gasteiger partial charge in [-0.1, -0.05) is 50.8 Å². The highest BCUT2D eigenvalue weighted by Gasteiger charge is 2.43. The van der Waals surface area contributed by atoms with E-state index in [-0.39, 0.29) is 0 Å². The number of fused-ring (bicyclic) bond motifs is 2. The minimum Gasteiger partial charge on any atom is -0.0952 e. The van der Waals surface area contributed by atoms with Crippen molar-refractivity contribution >= 4 is 5.57 Å². The fourth-order valence-electron chi connectivity index (χ4n) is 5.45. The summed E-state index contributed by atoms with van der Waals surface area (Å²) in [6.07, 6.45) is 9.88. The summed E-state index contributed by atoms with van der Waals surface area (Å²) in [5.74, 6) is 2.87. The first-order valence-electron chi connectivity index (χ1n) is 8.79. The molecule has 1 aromatic rings. The fraction of sp³-hybridized carbons (Fsp3) is 0.619. The summed E-state index contributed by atoms with van der Waals surface area (Å²) in [5, 5.41) is 0. The monoisotopic (exact) mass is 282 g/mol. The molecule has 0 aromatic heterocycles. The molecule has 21 heavy (non-hydrogen) atoms. The van der Waals surface area contributed by atoms with E-state index in [1.165, 1.54) is 56.1 Å². The summed E-state index contributed by atoms with van der Waals surface area (Å²) in [7, 11) is 0. The Kier molecular flexibility index (Phi) is 4.24. The molecule has 2 atom stereocenters. The molecule has 0 nitrogen and oxygen atoms in total. The van der Waals surface area contributed by atoms with Crippen molar-refractivity contribution in [1.29, 1.82) is 0 Å². The third kappa shape index (κ3) is 3.42. The Bertz CT molecular complexity index is 465. The molecule has 2 aliphatic rings. The molecule has 2 fully saturated rings. The number of rotatable bonds is 4. The Hall–Kier alpha value is -1.04. The van der Waals surface area contributed by atoms with Crippen molar-refractivity contribution in [2.45, 2.75) is 58.8 Å². The molecule has 114 valence electrons. The van der Waals surface area contributed by atoms with Crippen molar-refractivity contribution < 1.29 is 0 Å². The van der Waals surface area contributed by atoms with Crippen LogP contribution in [0.5, 0.6) is 0 Å². The SMILES string of the molecule is C=C(CCC12CC(C)CC(CC(C)C1)C2)c1ccccc1. The highest BCUT2D eigenvalue weighted by atomic mass is 14.5. The summed E-state index contributed by atoms with van der Waals surface area (Å²) in [5.41, 5.74) is 3.29. The highest BCUT2D eigenvalue weighted by molar-refractivity contribution is 5.63. The van der Waals surface area contributed by atoms with Crippen LogP contribution in [-0.2, 0) is 0 Å². The number of hydrogen-bond acceptors (Lipinski definition) is 0. The van der Waals surface area contributed by atoms with Gasteiger partial charge < -0.3 is 0 Å². The van der Waals surface area contributed by atoms with Crippen LogP contribution in [-0.4, -0.2) is 0 Å². The number of benzene rings is 1. The minimum absolute atomic E-state index is 0.623. The Morgan fingerprint density at radius 2 is 1.67 bits per heavy atom. The third-order valence-electron chi connectivity index (χ3n) is 5.90. The molecule has 0 saturated heterocycles. The molecule has 0 N–H and O–H groups in total. The van der Waals surface area contributed by atoms with Gasteiger partial charge >= 0.3 is 0 Å². The molecular formula is C21H30. The van der Waals surface area contributed by atoms with Gasteiger partial charge in [0, 0.05) is 0 Å². The summed E-state index contributed by atoms with van der Waals surface area (Å²) < 4.78 is 0. The van der Waals surface area contributed by atoms with E-state index in [0.717, 1.165) is 17.8 Å². The summed E-state index contributed by atoms with van der Waals surface area (Å²) in [6.45, 7) is 9.30. The van der Waals surface area contributed by atoms with Crippen LogP contribution in [0.4, 0.5) is 0 Å². The van der Waals surface area contributed by atoms with Crippen LogP contribution in [0.15, 0.2) is 36.9 Å². The molecule has 0 spiro atoms. The molecule has 2 saturated carbocycles. The molecule has 0 heteroatoms. The maximum Gasteiger partial charge on any atom is -0.0230 e.